The molecule has 0 aromatic heterocycles. The molecule has 1 nitrogen and oxygen atoms in total. The van der Waals surface area contributed by atoms with Gasteiger partial charge in [0.15, 0.2) is 3.79 Å². The predicted octanol–water partition coefficient (Wildman–Crippen LogP) is 8.54. The molecular weight excluding hydrogens is 373 g/mol. The summed E-state index contributed by atoms with van der Waals surface area (Å²) < 4.78 is -1.26. The van der Waals surface area contributed by atoms with Crippen molar-refractivity contribution < 1.29 is 0 Å². The molecule has 0 bridgehead atoms. The van der Waals surface area contributed by atoms with E-state index in [4.69, 9.17) is 34.8 Å². The zero-order valence-electron chi connectivity index (χ0n) is 16.2. The Hall–Kier alpha value is 0.0500. The van der Waals surface area contributed by atoms with Crippen LogP contribution < -0.4 is 6.15 Å². The molecule has 2 atom stereocenters. The van der Waals surface area contributed by atoms with E-state index in [9.17, 15) is 0 Å². The highest BCUT2D eigenvalue weighted by molar-refractivity contribution is 6.68. The summed E-state index contributed by atoms with van der Waals surface area (Å²) in [5.41, 5.74) is 0.874. The summed E-state index contributed by atoms with van der Waals surface area (Å²) in [6.45, 7) is 6.62. The quantitative estimate of drug-likeness (QED) is 0.289. The number of hydrogen-bond acceptors (Lipinski definition) is 1. The standard InChI is InChI=1S/C21H33Cl3.H3N/c1-4-5-6-7-8-9-11-14-18(2)20(3,21(22,23)24)17-19-15-12-10-13-16-19;/h10,12-13,15-16,18H,4-9,11,14,17H2,1-3H3;1H3. The van der Waals surface area contributed by atoms with Crippen LogP contribution in [0.25, 0.3) is 0 Å². The Bertz CT molecular complexity index is 444. The Labute approximate surface area is 170 Å². The lowest BCUT2D eigenvalue weighted by molar-refractivity contribution is 0.188. The highest BCUT2D eigenvalue weighted by atomic mass is 35.6. The van der Waals surface area contributed by atoms with Crippen LogP contribution in [0.1, 0.15) is 77.7 Å². The first-order valence-corrected chi connectivity index (χ1v) is 10.6. The molecule has 0 aliphatic rings. The van der Waals surface area contributed by atoms with Crippen molar-refractivity contribution in [1.29, 1.82) is 0 Å². The SMILES string of the molecule is CCCCCCCCCC(C)C(C)(Cc1ccccc1)C(Cl)(Cl)Cl.N. The fourth-order valence-corrected chi connectivity index (χ4v) is 4.06. The fourth-order valence-electron chi connectivity index (χ4n) is 3.30. The molecule has 1 aromatic carbocycles. The summed E-state index contributed by atoms with van der Waals surface area (Å²) in [6.07, 6.45) is 11.1. The van der Waals surface area contributed by atoms with Crippen molar-refractivity contribution in [3.8, 4) is 0 Å². The average molecular weight is 409 g/mol. The molecule has 25 heavy (non-hydrogen) atoms. The van der Waals surface area contributed by atoms with Gasteiger partial charge in [-0.15, -0.1) is 0 Å². The second-order valence-electron chi connectivity index (χ2n) is 7.39. The van der Waals surface area contributed by atoms with E-state index in [1.807, 2.05) is 6.07 Å². The smallest absolute Gasteiger partial charge is 0.196 e. The largest absolute Gasteiger partial charge is 0.344 e. The summed E-state index contributed by atoms with van der Waals surface area (Å²) >= 11 is 19.2. The van der Waals surface area contributed by atoms with Gasteiger partial charge in [-0.3, -0.25) is 0 Å². The minimum absolute atomic E-state index is 0. The maximum atomic E-state index is 6.41. The predicted molar refractivity (Wildman–Crippen MR) is 115 cm³/mol. The van der Waals surface area contributed by atoms with Crippen LogP contribution in [0.2, 0.25) is 0 Å². The van der Waals surface area contributed by atoms with Gasteiger partial charge in [0, 0.05) is 5.41 Å². The number of benzene rings is 1. The number of halogens is 3. The molecule has 1 aromatic rings. The van der Waals surface area contributed by atoms with E-state index >= 15 is 0 Å². The highest BCUT2D eigenvalue weighted by Gasteiger charge is 2.47. The van der Waals surface area contributed by atoms with E-state index < -0.39 is 3.79 Å². The van der Waals surface area contributed by atoms with Crippen molar-refractivity contribution in [2.75, 3.05) is 0 Å². The Morgan fingerprint density at radius 1 is 0.880 bits per heavy atom. The topological polar surface area (TPSA) is 35.0 Å². The maximum absolute atomic E-state index is 6.41. The van der Waals surface area contributed by atoms with E-state index in [2.05, 4.69) is 45.0 Å². The number of alkyl halides is 3. The van der Waals surface area contributed by atoms with E-state index in [1.54, 1.807) is 0 Å². The summed E-state index contributed by atoms with van der Waals surface area (Å²) in [5.74, 6) is 0.362. The lowest BCUT2D eigenvalue weighted by atomic mass is 9.72. The lowest BCUT2D eigenvalue weighted by Gasteiger charge is -2.42. The summed E-state index contributed by atoms with van der Waals surface area (Å²) in [4.78, 5) is 0. The highest BCUT2D eigenvalue weighted by Crippen LogP contribution is 2.52. The Kier molecular flexibility index (Phi) is 12.5. The number of rotatable bonds is 11. The molecule has 0 radical (unpaired) electrons. The zero-order valence-corrected chi connectivity index (χ0v) is 18.4. The Morgan fingerprint density at radius 3 is 1.92 bits per heavy atom. The lowest BCUT2D eigenvalue weighted by Crippen LogP contribution is -2.40. The minimum atomic E-state index is -1.26. The first-order valence-electron chi connectivity index (χ1n) is 9.42. The van der Waals surface area contributed by atoms with Crippen molar-refractivity contribution in [3.63, 3.8) is 0 Å². The van der Waals surface area contributed by atoms with Gasteiger partial charge < -0.3 is 6.15 Å². The van der Waals surface area contributed by atoms with Crippen LogP contribution in [0.15, 0.2) is 30.3 Å². The van der Waals surface area contributed by atoms with Gasteiger partial charge in [0.1, 0.15) is 0 Å². The fraction of sp³-hybridized carbons (Fsp3) is 0.714. The molecule has 4 heteroatoms. The maximum Gasteiger partial charge on any atom is 0.196 e. The molecule has 3 N–H and O–H groups in total. The van der Waals surface area contributed by atoms with Gasteiger partial charge in [0.2, 0.25) is 0 Å². The van der Waals surface area contributed by atoms with E-state index in [0.717, 1.165) is 12.8 Å². The van der Waals surface area contributed by atoms with Gasteiger partial charge in [0.25, 0.3) is 0 Å². The van der Waals surface area contributed by atoms with Crippen LogP contribution >= 0.6 is 34.8 Å². The van der Waals surface area contributed by atoms with E-state index in [-0.39, 0.29) is 11.6 Å². The third-order valence-electron chi connectivity index (χ3n) is 5.39. The van der Waals surface area contributed by atoms with Gasteiger partial charge in [0.05, 0.1) is 0 Å². The van der Waals surface area contributed by atoms with Crippen LogP contribution in [-0.2, 0) is 6.42 Å². The van der Waals surface area contributed by atoms with E-state index in [1.165, 1.54) is 50.5 Å². The number of hydrogen-bond donors (Lipinski definition) is 1. The molecule has 0 saturated carbocycles. The average Bonchev–Trinajstić information content (AvgIpc) is 2.53. The second-order valence-corrected chi connectivity index (χ2v) is 9.67. The second kappa shape index (κ2) is 12.4. The van der Waals surface area contributed by atoms with Gasteiger partial charge in [-0.05, 0) is 17.9 Å². The first kappa shape index (κ1) is 25.1. The third-order valence-corrected chi connectivity index (χ3v) is 6.69. The molecule has 0 saturated heterocycles. The Morgan fingerprint density at radius 2 is 1.40 bits per heavy atom. The van der Waals surface area contributed by atoms with Crippen LogP contribution in [-0.4, -0.2) is 3.79 Å². The van der Waals surface area contributed by atoms with Crippen molar-refractivity contribution in [2.45, 2.75) is 82.4 Å². The third kappa shape index (κ3) is 8.52. The van der Waals surface area contributed by atoms with Crippen LogP contribution in [0.4, 0.5) is 0 Å². The Balaban J connectivity index is 0.00000576. The molecule has 0 spiro atoms. The molecule has 1 rings (SSSR count). The molecule has 0 amide bonds. The van der Waals surface area contributed by atoms with Crippen LogP contribution in [0.5, 0.6) is 0 Å². The van der Waals surface area contributed by atoms with Gasteiger partial charge in [-0.2, -0.15) is 0 Å². The summed E-state index contributed by atoms with van der Waals surface area (Å²) in [6, 6.07) is 10.4. The van der Waals surface area contributed by atoms with Crippen molar-refractivity contribution in [3.05, 3.63) is 35.9 Å². The molecule has 0 heterocycles. The van der Waals surface area contributed by atoms with Gasteiger partial charge in [-0.1, -0.05) is 137 Å². The molecule has 0 aliphatic carbocycles. The van der Waals surface area contributed by atoms with Gasteiger partial charge >= 0.3 is 0 Å². The summed E-state index contributed by atoms with van der Waals surface area (Å²) in [5, 5.41) is 0. The molecule has 146 valence electrons. The zero-order chi connectivity index (χ0) is 18.1. The van der Waals surface area contributed by atoms with Crippen molar-refractivity contribution in [2.24, 2.45) is 11.3 Å². The van der Waals surface area contributed by atoms with Crippen molar-refractivity contribution in [1.82, 2.24) is 6.15 Å². The van der Waals surface area contributed by atoms with Gasteiger partial charge in [-0.25, -0.2) is 0 Å². The van der Waals surface area contributed by atoms with Crippen molar-refractivity contribution >= 4 is 34.8 Å². The van der Waals surface area contributed by atoms with Crippen LogP contribution in [0, 0.1) is 11.3 Å². The molecular formula is C21H36Cl3N. The molecule has 0 fully saturated rings. The first-order chi connectivity index (χ1) is 11.3. The minimum Gasteiger partial charge on any atom is -0.344 e. The number of unbranched alkanes of at least 4 members (excludes halogenated alkanes) is 6. The van der Waals surface area contributed by atoms with Crippen LogP contribution in [0.3, 0.4) is 0 Å². The molecule has 0 aliphatic heterocycles. The molecule has 2 unspecified atom stereocenters. The normalized spacial score (nSPS) is 15.3. The summed E-state index contributed by atoms with van der Waals surface area (Å²) in [7, 11) is 0. The van der Waals surface area contributed by atoms with E-state index in [0.29, 0.717) is 5.92 Å². The monoisotopic (exact) mass is 407 g/mol.